The van der Waals surface area contributed by atoms with Crippen molar-refractivity contribution in [2.45, 2.75) is 13.5 Å². The fourth-order valence-corrected chi connectivity index (χ4v) is 2.49. The van der Waals surface area contributed by atoms with Gasteiger partial charge in [-0.2, -0.15) is 0 Å². The van der Waals surface area contributed by atoms with Crippen molar-refractivity contribution in [3.8, 4) is 5.69 Å². The molecular formula is C11H9ClN4S. The Morgan fingerprint density at radius 1 is 1.41 bits per heavy atom. The molecule has 86 valence electrons. The van der Waals surface area contributed by atoms with Gasteiger partial charge in [-0.15, -0.1) is 10.2 Å². The van der Waals surface area contributed by atoms with Gasteiger partial charge in [0, 0.05) is 5.56 Å². The Balaban J connectivity index is 2.40. The third kappa shape index (κ3) is 1.54. The minimum atomic E-state index is 0.560. The molecule has 1 N–H and O–H groups in total. The molecule has 2 heterocycles. The molecule has 3 rings (SSSR count). The molecular weight excluding hydrogens is 256 g/mol. The van der Waals surface area contributed by atoms with Crippen LogP contribution in [0.4, 0.5) is 0 Å². The SMILES string of the molecule is Cc1nnc2n1-c1c(Cl)cccc1C(=S)NC2. The van der Waals surface area contributed by atoms with Crippen LogP contribution in [-0.4, -0.2) is 19.8 Å². The second-order valence-electron chi connectivity index (χ2n) is 3.82. The lowest BCUT2D eigenvalue weighted by Gasteiger charge is -2.11. The van der Waals surface area contributed by atoms with Gasteiger partial charge in [0.15, 0.2) is 5.82 Å². The van der Waals surface area contributed by atoms with E-state index in [9.17, 15) is 0 Å². The number of aryl methyl sites for hydroxylation is 1. The van der Waals surface area contributed by atoms with Gasteiger partial charge in [-0.3, -0.25) is 4.57 Å². The molecule has 0 saturated carbocycles. The number of nitrogens with one attached hydrogen (secondary N) is 1. The standard InChI is InChI=1S/C11H9ClN4S/c1-6-14-15-9-5-13-11(17)7-3-2-4-8(12)10(7)16(6)9/h2-4H,5H2,1H3,(H,13,17). The highest BCUT2D eigenvalue weighted by atomic mass is 35.5. The van der Waals surface area contributed by atoms with Crippen LogP contribution < -0.4 is 5.32 Å². The molecule has 0 aliphatic carbocycles. The first-order valence-corrected chi connectivity index (χ1v) is 5.95. The van der Waals surface area contributed by atoms with Crippen LogP contribution in [0.5, 0.6) is 0 Å². The van der Waals surface area contributed by atoms with Crippen molar-refractivity contribution in [2.75, 3.05) is 0 Å². The normalized spacial score (nSPS) is 13.6. The molecule has 0 atom stereocenters. The summed E-state index contributed by atoms with van der Waals surface area (Å²) in [6.07, 6.45) is 0. The van der Waals surface area contributed by atoms with Crippen LogP contribution in [-0.2, 0) is 6.54 Å². The van der Waals surface area contributed by atoms with Crippen molar-refractivity contribution < 1.29 is 0 Å². The molecule has 2 aromatic rings. The minimum absolute atomic E-state index is 0.560. The van der Waals surface area contributed by atoms with Crippen molar-refractivity contribution in [2.24, 2.45) is 0 Å². The average molecular weight is 265 g/mol. The molecule has 0 spiro atoms. The third-order valence-electron chi connectivity index (χ3n) is 2.75. The number of fused-ring (bicyclic) bond motifs is 3. The zero-order valence-corrected chi connectivity index (χ0v) is 10.6. The van der Waals surface area contributed by atoms with Gasteiger partial charge in [-0.25, -0.2) is 0 Å². The Kier molecular flexibility index (Phi) is 2.38. The number of hydrogen-bond donors (Lipinski definition) is 1. The molecule has 0 saturated heterocycles. The summed E-state index contributed by atoms with van der Waals surface area (Å²) < 4.78 is 1.95. The highest BCUT2D eigenvalue weighted by Crippen LogP contribution is 2.28. The molecule has 0 fully saturated rings. The van der Waals surface area contributed by atoms with Gasteiger partial charge in [-0.05, 0) is 19.1 Å². The summed E-state index contributed by atoms with van der Waals surface area (Å²) in [7, 11) is 0. The predicted octanol–water partition coefficient (Wildman–Crippen LogP) is 2.01. The number of nitrogens with zero attached hydrogens (tertiary/aromatic N) is 3. The first-order chi connectivity index (χ1) is 8.18. The smallest absolute Gasteiger partial charge is 0.157 e. The van der Waals surface area contributed by atoms with E-state index >= 15 is 0 Å². The maximum Gasteiger partial charge on any atom is 0.157 e. The number of rotatable bonds is 0. The second-order valence-corrected chi connectivity index (χ2v) is 4.63. The topological polar surface area (TPSA) is 42.7 Å². The Bertz CT molecular complexity index is 620. The molecule has 0 unspecified atom stereocenters. The van der Waals surface area contributed by atoms with Gasteiger partial charge < -0.3 is 5.32 Å². The fourth-order valence-electron chi connectivity index (χ4n) is 1.99. The van der Waals surface area contributed by atoms with E-state index in [0.29, 0.717) is 16.6 Å². The van der Waals surface area contributed by atoms with E-state index in [4.69, 9.17) is 23.8 Å². The highest BCUT2D eigenvalue weighted by Gasteiger charge is 2.22. The molecule has 6 heteroatoms. The van der Waals surface area contributed by atoms with Crippen LogP contribution in [0.1, 0.15) is 17.2 Å². The minimum Gasteiger partial charge on any atom is -0.368 e. The number of hydrogen-bond acceptors (Lipinski definition) is 3. The van der Waals surface area contributed by atoms with E-state index in [1.54, 1.807) is 0 Å². The maximum absolute atomic E-state index is 6.27. The molecule has 1 aliphatic heterocycles. The lowest BCUT2D eigenvalue weighted by atomic mass is 10.1. The summed E-state index contributed by atoms with van der Waals surface area (Å²) in [5, 5.41) is 12.0. The summed E-state index contributed by atoms with van der Waals surface area (Å²) in [4.78, 5) is 0.687. The van der Waals surface area contributed by atoms with Gasteiger partial charge in [0.25, 0.3) is 0 Å². The summed E-state index contributed by atoms with van der Waals surface area (Å²) in [6, 6.07) is 5.68. The maximum atomic E-state index is 6.27. The molecule has 1 aromatic heterocycles. The van der Waals surface area contributed by atoms with Crippen LogP contribution in [0.25, 0.3) is 5.69 Å². The molecule has 17 heavy (non-hydrogen) atoms. The van der Waals surface area contributed by atoms with E-state index in [1.165, 1.54) is 0 Å². The van der Waals surface area contributed by atoms with Crippen molar-refractivity contribution in [3.63, 3.8) is 0 Å². The number of para-hydroxylation sites is 1. The molecule has 1 aromatic carbocycles. The predicted molar refractivity (Wildman–Crippen MR) is 69.6 cm³/mol. The summed E-state index contributed by atoms with van der Waals surface area (Å²) >= 11 is 11.6. The van der Waals surface area contributed by atoms with Gasteiger partial charge in [0.2, 0.25) is 0 Å². The van der Waals surface area contributed by atoms with Gasteiger partial charge in [-0.1, -0.05) is 29.9 Å². The van der Waals surface area contributed by atoms with Crippen molar-refractivity contribution >= 4 is 28.8 Å². The lowest BCUT2D eigenvalue weighted by Crippen LogP contribution is -2.20. The van der Waals surface area contributed by atoms with Crippen molar-refractivity contribution in [1.82, 2.24) is 20.1 Å². The van der Waals surface area contributed by atoms with Crippen LogP contribution in [0.2, 0.25) is 5.02 Å². The van der Waals surface area contributed by atoms with Gasteiger partial charge >= 0.3 is 0 Å². The van der Waals surface area contributed by atoms with Gasteiger partial charge in [0.05, 0.1) is 17.3 Å². The summed E-state index contributed by atoms with van der Waals surface area (Å²) in [5.41, 5.74) is 1.77. The molecule has 0 radical (unpaired) electrons. The average Bonchev–Trinajstić information content (AvgIpc) is 2.59. The van der Waals surface area contributed by atoms with Gasteiger partial charge in [0.1, 0.15) is 10.8 Å². The zero-order valence-electron chi connectivity index (χ0n) is 9.07. The van der Waals surface area contributed by atoms with Crippen LogP contribution in [0, 0.1) is 6.92 Å². The lowest BCUT2D eigenvalue weighted by molar-refractivity contribution is 0.809. The first kappa shape index (κ1) is 10.7. The number of halogens is 1. The Hall–Kier alpha value is -1.46. The first-order valence-electron chi connectivity index (χ1n) is 5.16. The Labute approximate surface area is 109 Å². The number of benzene rings is 1. The molecule has 0 bridgehead atoms. The van der Waals surface area contributed by atoms with E-state index in [-0.39, 0.29) is 0 Å². The van der Waals surface area contributed by atoms with Crippen molar-refractivity contribution in [1.29, 1.82) is 0 Å². The van der Waals surface area contributed by atoms with E-state index in [2.05, 4.69) is 15.5 Å². The largest absolute Gasteiger partial charge is 0.368 e. The highest BCUT2D eigenvalue weighted by molar-refractivity contribution is 7.80. The quantitative estimate of drug-likeness (QED) is 0.739. The summed E-state index contributed by atoms with van der Waals surface area (Å²) in [5.74, 6) is 1.62. The third-order valence-corrected chi connectivity index (χ3v) is 3.42. The zero-order chi connectivity index (χ0) is 12.0. The second kappa shape index (κ2) is 3.78. The van der Waals surface area contributed by atoms with Crippen LogP contribution in [0.15, 0.2) is 18.2 Å². The molecule has 0 amide bonds. The van der Waals surface area contributed by atoms with Crippen molar-refractivity contribution in [3.05, 3.63) is 40.4 Å². The van der Waals surface area contributed by atoms with E-state index in [1.807, 2.05) is 29.7 Å². The summed E-state index contributed by atoms with van der Waals surface area (Å²) in [6.45, 7) is 2.46. The fraction of sp³-hybridized carbons (Fsp3) is 0.182. The van der Waals surface area contributed by atoms with Crippen LogP contribution >= 0.6 is 23.8 Å². The Morgan fingerprint density at radius 2 is 2.24 bits per heavy atom. The monoisotopic (exact) mass is 264 g/mol. The Morgan fingerprint density at radius 3 is 3.06 bits per heavy atom. The van der Waals surface area contributed by atoms with E-state index in [0.717, 1.165) is 22.9 Å². The number of thiocarbonyl (C=S) groups is 1. The molecule has 4 nitrogen and oxygen atoms in total. The molecule has 1 aliphatic rings. The number of aromatic nitrogens is 3. The van der Waals surface area contributed by atoms with E-state index < -0.39 is 0 Å². The van der Waals surface area contributed by atoms with Crippen LogP contribution in [0.3, 0.4) is 0 Å².